The monoisotopic (exact) mass is 254 g/mol. The molecule has 0 spiro atoms. The van der Waals surface area contributed by atoms with Crippen LogP contribution in [0.3, 0.4) is 0 Å². The zero-order valence-corrected chi connectivity index (χ0v) is 10.7. The summed E-state index contributed by atoms with van der Waals surface area (Å²) in [6, 6.07) is 6.03. The highest BCUT2D eigenvalue weighted by molar-refractivity contribution is 5.73. The van der Waals surface area contributed by atoms with Crippen molar-refractivity contribution in [2.75, 3.05) is 27.2 Å². The first kappa shape index (κ1) is 14.6. The van der Waals surface area contributed by atoms with Crippen molar-refractivity contribution in [1.82, 2.24) is 10.2 Å². The zero-order valence-electron chi connectivity index (χ0n) is 10.7. The minimum Gasteiger partial charge on any atom is -0.480 e. The standard InChI is InChI=1S/C13H19FN2O2/c1-15-12(13(17)18)9-16(2)8-7-10-5-3-4-6-11(10)14/h3-6,12,15H,7-9H2,1-2H3,(H,17,18). The molecule has 0 saturated heterocycles. The summed E-state index contributed by atoms with van der Waals surface area (Å²) in [5.41, 5.74) is 0.653. The van der Waals surface area contributed by atoms with Gasteiger partial charge in [-0.1, -0.05) is 18.2 Å². The Morgan fingerprint density at radius 2 is 2.17 bits per heavy atom. The molecule has 100 valence electrons. The molecule has 1 rings (SSSR count). The van der Waals surface area contributed by atoms with Crippen LogP contribution in [0, 0.1) is 5.82 Å². The minimum absolute atomic E-state index is 0.214. The van der Waals surface area contributed by atoms with Crippen molar-refractivity contribution >= 4 is 5.97 Å². The number of halogens is 1. The first-order chi connectivity index (χ1) is 8.54. The number of nitrogens with zero attached hydrogens (tertiary/aromatic N) is 1. The molecule has 0 amide bonds. The van der Waals surface area contributed by atoms with Gasteiger partial charge in [0, 0.05) is 13.1 Å². The summed E-state index contributed by atoms with van der Waals surface area (Å²) in [5, 5.41) is 11.6. The molecule has 0 radical (unpaired) electrons. The molecule has 2 N–H and O–H groups in total. The summed E-state index contributed by atoms with van der Waals surface area (Å²) >= 11 is 0. The van der Waals surface area contributed by atoms with E-state index in [0.29, 0.717) is 25.1 Å². The fraction of sp³-hybridized carbons (Fsp3) is 0.462. The van der Waals surface area contributed by atoms with Crippen molar-refractivity contribution in [3.8, 4) is 0 Å². The minimum atomic E-state index is -0.879. The molecule has 0 bridgehead atoms. The van der Waals surface area contributed by atoms with Crippen molar-refractivity contribution in [1.29, 1.82) is 0 Å². The average Bonchev–Trinajstić information content (AvgIpc) is 2.34. The molecule has 5 heteroatoms. The topological polar surface area (TPSA) is 52.6 Å². The molecule has 0 aliphatic carbocycles. The summed E-state index contributed by atoms with van der Waals surface area (Å²) < 4.78 is 13.4. The van der Waals surface area contributed by atoms with E-state index in [1.807, 2.05) is 11.9 Å². The van der Waals surface area contributed by atoms with E-state index < -0.39 is 12.0 Å². The van der Waals surface area contributed by atoms with Crippen molar-refractivity contribution in [3.05, 3.63) is 35.6 Å². The van der Waals surface area contributed by atoms with Crippen LogP contribution >= 0.6 is 0 Å². The third kappa shape index (κ3) is 4.43. The van der Waals surface area contributed by atoms with Gasteiger partial charge in [-0.3, -0.25) is 4.79 Å². The number of aliphatic carboxylic acids is 1. The fourth-order valence-corrected chi connectivity index (χ4v) is 1.71. The number of carboxylic acids is 1. The second-order valence-corrected chi connectivity index (χ2v) is 4.28. The first-order valence-electron chi connectivity index (χ1n) is 5.86. The number of carboxylic acid groups (broad SMARTS) is 1. The Kier molecular flexibility index (Phi) is 5.74. The summed E-state index contributed by atoms with van der Waals surface area (Å²) in [6.07, 6.45) is 0.569. The van der Waals surface area contributed by atoms with E-state index in [1.54, 1.807) is 25.2 Å². The average molecular weight is 254 g/mol. The van der Waals surface area contributed by atoms with Crippen LogP contribution < -0.4 is 5.32 Å². The van der Waals surface area contributed by atoms with Gasteiger partial charge in [0.2, 0.25) is 0 Å². The molecule has 0 aliphatic heterocycles. The molecule has 0 heterocycles. The van der Waals surface area contributed by atoms with E-state index in [0.717, 1.165) is 0 Å². The third-order valence-corrected chi connectivity index (χ3v) is 2.86. The van der Waals surface area contributed by atoms with Crippen LogP contribution in [0.2, 0.25) is 0 Å². The second-order valence-electron chi connectivity index (χ2n) is 4.28. The predicted molar refractivity (Wildman–Crippen MR) is 68.1 cm³/mol. The summed E-state index contributed by atoms with van der Waals surface area (Å²) in [4.78, 5) is 12.7. The van der Waals surface area contributed by atoms with Gasteiger partial charge in [0.1, 0.15) is 11.9 Å². The van der Waals surface area contributed by atoms with Gasteiger partial charge < -0.3 is 15.3 Å². The fourth-order valence-electron chi connectivity index (χ4n) is 1.71. The van der Waals surface area contributed by atoms with E-state index in [1.165, 1.54) is 6.07 Å². The van der Waals surface area contributed by atoms with Gasteiger partial charge >= 0.3 is 5.97 Å². The van der Waals surface area contributed by atoms with Crippen LogP contribution in [0.1, 0.15) is 5.56 Å². The highest BCUT2D eigenvalue weighted by atomic mass is 19.1. The molecule has 0 fully saturated rings. The van der Waals surface area contributed by atoms with Gasteiger partial charge in [0.25, 0.3) is 0 Å². The van der Waals surface area contributed by atoms with Crippen molar-refractivity contribution in [3.63, 3.8) is 0 Å². The number of nitrogens with one attached hydrogen (secondary N) is 1. The normalized spacial score (nSPS) is 12.7. The lowest BCUT2D eigenvalue weighted by atomic mass is 10.1. The van der Waals surface area contributed by atoms with Gasteiger partial charge in [-0.05, 0) is 32.1 Å². The summed E-state index contributed by atoms with van der Waals surface area (Å²) in [6.45, 7) is 1.01. The Hall–Kier alpha value is -1.46. The molecule has 1 atom stereocenters. The third-order valence-electron chi connectivity index (χ3n) is 2.86. The van der Waals surface area contributed by atoms with Gasteiger partial charge in [-0.15, -0.1) is 0 Å². The summed E-state index contributed by atoms with van der Waals surface area (Å²) in [5.74, 6) is -1.09. The Morgan fingerprint density at radius 3 is 2.72 bits per heavy atom. The van der Waals surface area contributed by atoms with Crippen LogP contribution in [-0.2, 0) is 11.2 Å². The first-order valence-corrected chi connectivity index (χ1v) is 5.86. The van der Waals surface area contributed by atoms with Crippen LogP contribution in [0.25, 0.3) is 0 Å². The number of carbonyl (C=O) groups is 1. The number of hydrogen-bond donors (Lipinski definition) is 2. The van der Waals surface area contributed by atoms with E-state index in [9.17, 15) is 9.18 Å². The maximum Gasteiger partial charge on any atom is 0.322 e. The number of likely N-dealkylation sites (N-methyl/N-ethyl adjacent to an activating group) is 2. The second kappa shape index (κ2) is 7.08. The van der Waals surface area contributed by atoms with Gasteiger partial charge in [0.05, 0.1) is 0 Å². The van der Waals surface area contributed by atoms with Crippen LogP contribution in [0.5, 0.6) is 0 Å². The molecular weight excluding hydrogens is 235 g/mol. The summed E-state index contributed by atoms with van der Waals surface area (Å²) in [7, 11) is 3.44. The van der Waals surface area contributed by atoms with Crippen LogP contribution in [0.4, 0.5) is 4.39 Å². The number of hydrogen-bond acceptors (Lipinski definition) is 3. The number of benzene rings is 1. The van der Waals surface area contributed by atoms with Gasteiger partial charge in [-0.25, -0.2) is 4.39 Å². The molecule has 18 heavy (non-hydrogen) atoms. The maximum atomic E-state index is 13.4. The Balaban J connectivity index is 2.44. The van der Waals surface area contributed by atoms with E-state index in [2.05, 4.69) is 5.32 Å². The smallest absolute Gasteiger partial charge is 0.322 e. The molecule has 1 aromatic carbocycles. The molecule has 1 aromatic rings. The molecular formula is C13H19FN2O2. The lowest BCUT2D eigenvalue weighted by Gasteiger charge is -2.21. The highest BCUT2D eigenvalue weighted by Gasteiger charge is 2.16. The molecule has 0 aliphatic rings. The molecule has 4 nitrogen and oxygen atoms in total. The molecule has 0 aromatic heterocycles. The number of rotatable bonds is 7. The molecule has 0 saturated carbocycles. The van der Waals surface area contributed by atoms with E-state index >= 15 is 0 Å². The van der Waals surface area contributed by atoms with Crippen LogP contribution in [0.15, 0.2) is 24.3 Å². The lowest BCUT2D eigenvalue weighted by molar-refractivity contribution is -0.139. The van der Waals surface area contributed by atoms with E-state index in [-0.39, 0.29) is 5.82 Å². The quantitative estimate of drug-likeness (QED) is 0.761. The molecule has 1 unspecified atom stereocenters. The Labute approximate surface area is 106 Å². The predicted octanol–water partition coefficient (Wildman–Crippen LogP) is 0.973. The maximum absolute atomic E-state index is 13.4. The van der Waals surface area contributed by atoms with E-state index in [4.69, 9.17) is 5.11 Å². The largest absolute Gasteiger partial charge is 0.480 e. The lowest BCUT2D eigenvalue weighted by Crippen LogP contribution is -2.43. The van der Waals surface area contributed by atoms with Crippen molar-refractivity contribution in [2.24, 2.45) is 0 Å². The highest BCUT2D eigenvalue weighted by Crippen LogP contribution is 2.07. The Bertz CT molecular complexity index is 398. The van der Waals surface area contributed by atoms with Crippen molar-refractivity contribution < 1.29 is 14.3 Å². The Morgan fingerprint density at radius 1 is 1.50 bits per heavy atom. The van der Waals surface area contributed by atoms with Gasteiger partial charge in [-0.2, -0.15) is 0 Å². The zero-order chi connectivity index (χ0) is 13.5. The van der Waals surface area contributed by atoms with Crippen LogP contribution in [-0.4, -0.2) is 49.2 Å². The van der Waals surface area contributed by atoms with Crippen molar-refractivity contribution in [2.45, 2.75) is 12.5 Å². The van der Waals surface area contributed by atoms with Gasteiger partial charge in [0.15, 0.2) is 0 Å². The SMILES string of the molecule is CNC(CN(C)CCc1ccccc1F)C(=O)O.